The van der Waals surface area contributed by atoms with E-state index in [2.05, 4.69) is 49.1 Å². The first-order valence-corrected chi connectivity index (χ1v) is 8.23. The summed E-state index contributed by atoms with van der Waals surface area (Å²) in [7, 11) is 0. The molecule has 1 fully saturated rings. The van der Waals surface area contributed by atoms with Crippen molar-refractivity contribution < 1.29 is 5.11 Å². The lowest BCUT2D eigenvalue weighted by molar-refractivity contribution is 0.282. The molecule has 1 saturated carbocycles. The van der Waals surface area contributed by atoms with Gasteiger partial charge < -0.3 is 5.11 Å². The molecule has 1 N–H and O–H groups in total. The molecule has 0 aromatic heterocycles. The van der Waals surface area contributed by atoms with E-state index in [4.69, 9.17) is 5.11 Å². The van der Waals surface area contributed by atoms with Crippen LogP contribution in [0.2, 0.25) is 0 Å². The fourth-order valence-corrected chi connectivity index (χ4v) is 3.44. The Bertz CT molecular complexity index is 601. The van der Waals surface area contributed by atoms with E-state index in [-0.39, 0.29) is 6.61 Å². The summed E-state index contributed by atoms with van der Waals surface area (Å²) >= 11 is 0. The molecule has 1 aliphatic carbocycles. The van der Waals surface area contributed by atoms with Gasteiger partial charge in [-0.1, -0.05) is 54.6 Å². The Balaban J connectivity index is 1.71. The Hall–Kier alpha value is -1.86. The van der Waals surface area contributed by atoms with Crippen LogP contribution >= 0.6 is 0 Å². The van der Waals surface area contributed by atoms with Crippen molar-refractivity contribution in [3.05, 3.63) is 72.3 Å². The van der Waals surface area contributed by atoms with E-state index in [0.717, 1.165) is 11.5 Å². The minimum Gasteiger partial charge on any atom is -0.392 e. The Morgan fingerprint density at radius 1 is 0.864 bits per heavy atom. The van der Waals surface area contributed by atoms with Crippen LogP contribution in [0.15, 0.2) is 61.2 Å². The summed E-state index contributed by atoms with van der Waals surface area (Å²) in [5, 5.41) is 9.11. The van der Waals surface area contributed by atoms with Crippen molar-refractivity contribution in [3.8, 4) is 11.1 Å². The second-order valence-electron chi connectivity index (χ2n) is 6.32. The molecule has 1 heteroatoms. The number of hydrogen-bond donors (Lipinski definition) is 1. The lowest BCUT2D eigenvalue weighted by atomic mass is 9.78. The highest BCUT2D eigenvalue weighted by Gasteiger charge is 2.20. The van der Waals surface area contributed by atoms with Crippen LogP contribution in [-0.2, 0) is 6.61 Å². The van der Waals surface area contributed by atoms with Crippen LogP contribution in [0.3, 0.4) is 0 Å². The molecule has 0 atom stereocenters. The Morgan fingerprint density at radius 2 is 1.41 bits per heavy atom. The summed E-state index contributed by atoms with van der Waals surface area (Å²) in [6, 6.07) is 17.2. The zero-order chi connectivity index (χ0) is 15.4. The molecule has 2 aromatic carbocycles. The molecule has 0 saturated heterocycles. The predicted molar refractivity (Wildman–Crippen MR) is 92.7 cm³/mol. The molecule has 22 heavy (non-hydrogen) atoms. The number of benzene rings is 2. The maximum Gasteiger partial charge on any atom is 0.0681 e. The van der Waals surface area contributed by atoms with Crippen molar-refractivity contribution in [2.45, 2.75) is 38.2 Å². The largest absolute Gasteiger partial charge is 0.392 e. The van der Waals surface area contributed by atoms with Crippen molar-refractivity contribution >= 4 is 0 Å². The van der Waals surface area contributed by atoms with Crippen LogP contribution in [0.5, 0.6) is 0 Å². The summed E-state index contributed by atoms with van der Waals surface area (Å²) in [6.45, 7) is 4.03. The van der Waals surface area contributed by atoms with Crippen molar-refractivity contribution in [3.63, 3.8) is 0 Å². The van der Waals surface area contributed by atoms with Gasteiger partial charge in [-0.2, -0.15) is 0 Å². The third kappa shape index (κ3) is 3.31. The zero-order valence-corrected chi connectivity index (χ0v) is 13.0. The van der Waals surface area contributed by atoms with Gasteiger partial charge in [0, 0.05) is 0 Å². The van der Waals surface area contributed by atoms with Gasteiger partial charge in [-0.05, 0) is 59.8 Å². The molecular formula is C21H24O. The molecule has 0 aliphatic heterocycles. The smallest absolute Gasteiger partial charge is 0.0681 e. The molecular weight excluding hydrogens is 268 g/mol. The number of allylic oxidation sites excluding steroid dienone is 1. The first kappa shape index (κ1) is 15.1. The summed E-state index contributed by atoms with van der Waals surface area (Å²) in [5.74, 6) is 1.43. The average molecular weight is 292 g/mol. The van der Waals surface area contributed by atoms with E-state index >= 15 is 0 Å². The SMILES string of the molecule is C=CC1CCC(c2ccc(-c3ccc(CO)cc3)cc2)CC1. The lowest BCUT2D eigenvalue weighted by Gasteiger charge is -2.27. The minimum atomic E-state index is 0.104. The molecule has 114 valence electrons. The molecule has 0 radical (unpaired) electrons. The Labute approximate surface area is 133 Å². The molecule has 1 nitrogen and oxygen atoms in total. The highest BCUT2D eigenvalue weighted by Crippen LogP contribution is 2.36. The third-order valence-electron chi connectivity index (χ3n) is 4.96. The van der Waals surface area contributed by atoms with Crippen LogP contribution in [0, 0.1) is 5.92 Å². The topological polar surface area (TPSA) is 20.2 Å². The highest BCUT2D eigenvalue weighted by molar-refractivity contribution is 5.64. The van der Waals surface area contributed by atoms with Crippen molar-refractivity contribution in [2.24, 2.45) is 5.92 Å². The van der Waals surface area contributed by atoms with Crippen LogP contribution < -0.4 is 0 Å². The van der Waals surface area contributed by atoms with E-state index in [1.807, 2.05) is 12.1 Å². The molecule has 0 bridgehead atoms. The fraction of sp³-hybridized carbons (Fsp3) is 0.333. The summed E-state index contributed by atoms with van der Waals surface area (Å²) in [4.78, 5) is 0. The minimum absolute atomic E-state index is 0.104. The standard InChI is InChI=1S/C21H24O/c1-2-16-3-7-18(8-4-16)20-11-13-21(14-12-20)19-9-5-17(15-22)6-10-19/h2,5-6,9-14,16,18,22H,1,3-4,7-8,15H2. The number of aliphatic hydroxyl groups is 1. The lowest BCUT2D eigenvalue weighted by Crippen LogP contribution is -2.11. The molecule has 1 aliphatic rings. The van der Waals surface area contributed by atoms with E-state index in [1.165, 1.54) is 42.4 Å². The Kier molecular flexibility index (Phi) is 4.74. The van der Waals surface area contributed by atoms with Crippen LogP contribution in [0.25, 0.3) is 11.1 Å². The van der Waals surface area contributed by atoms with Gasteiger partial charge in [0.25, 0.3) is 0 Å². The second kappa shape index (κ2) is 6.93. The van der Waals surface area contributed by atoms with Gasteiger partial charge in [0.05, 0.1) is 6.61 Å². The average Bonchev–Trinajstić information content (AvgIpc) is 2.62. The Morgan fingerprint density at radius 3 is 1.91 bits per heavy atom. The number of rotatable bonds is 4. The summed E-state index contributed by atoms with van der Waals surface area (Å²) in [6.07, 6.45) is 7.23. The van der Waals surface area contributed by atoms with E-state index in [0.29, 0.717) is 5.92 Å². The first-order valence-electron chi connectivity index (χ1n) is 8.23. The van der Waals surface area contributed by atoms with Crippen molar-refractivity contribution in [1.82, 2.24) is 0 Å². The number of aliphatic hydroxyl groups excluding tert-OH is 1. The first-order chi connectivity index (χ1) is 10.8. The quantitative estimate of drug-likeness (QED) is 0.758. The number of hydrogen-bond acceptors (Lipinski definition) is 1. The van der Waals surface area contributed by atoms with Crippen LogP contribution in [-0.4, -0.2) is 5.11 Å². The van der Waals surface area contributed by atoms with Gasteiger partial charge >= 0.3 is 0 Å². The van der Waals surface area contributed by atoms with Crippen molar-refractivity contribution in [1.29, 1.82) is 0 Å². The molecule has 0 spiro atoms. The van der Waals surface area contributed by atoms with E-state index in [9.17, 15) is 0 Å². The maximum atomic E-state index is 9.11. The van der Waals surface area contributed by atoms with Gasteiger partial charge in [-0.25, -0.2) is 0 Å². The van der Waals surface area contributed by atoms with E-state index in [1.54, 1.807) is 0 Å². The van der Waals surface area contributed by atoms with Gasteiger partial charge in [-0.3, -0.25) is 0 Å². The van der Waals surface area contributed by atoms with Crippen LogP contribution in [0.4, 0.5) is 0 Å². The summed E-state index contributed by atoms with van der Waals surface area (Å²) in [5.41, 5.74) is 4.88. The normalized spacial score (nSPS) is 21.5. The maximum absolute atomic E-state index is 9.11. The molecule has 3 rings (SSSR count). The van der Waals surface area contributed by atoms with Crippen molar-refractivity contribution in [2.75, 3.05) is 0 Å². The third-order valence-corrected chi connectivity index (χ3v) is 4.96. The van der Waals surface area contributed by atoms with Gasteiger partial charge in [0.15, 0.2) is 0 Å². The molecule has 0 unspecified atom stereocenters. The monoisotopic (exact) mass is 292 g/mol. The molecule has 0 heterocycles. The molecule has 0 amide bonds. The predicted octanol–water partition coefficient (Wildman–Crippen LogP) is 5.31. The van der Waals surface area contributed by atoms with Gasteiger partial charge in [0.1, 0.15) is 0 Å². The fourth-order valence-electron chi connectivity index (χ4n) is 3.44. The second-order valence-corrected chi connectivity index (χ2v) is 6.32. The van der Waals surface area contributed by atoms with E-state index < -0.39 is 0 Å². The highest BCUT2D eigenvalue weighted by atomic mass is 16.3. The van der Waals surface area contributed by atoms with Gasteiger partial charge in [0.2, 0.25) is 0 Å². The summed E-state index contributed by atoms with van der Waals surface area (Å²) < 4.78 is 0. The zero-order valence-electron chi connectivity index (χ0n) is 13.0. The van der Waals surface area contributed by atoms with Gasteiger partial charge in [-0.15, -0.1) is 6.58 Å². The van der Waals surface area contributed by atoms with Crippen LogP contribution in [0.1, 0.15) is 42.7 Å². The molecule has 2 aromatic rings.